The standard InChI is InChI=1S/C14H16N2O3S/c1-2-18-11-5-3-4-6-12(11)19-9-10-7-8-20-13(10)14(17)16-15/h3-8H,2,9,15H2,1H3,(H,16,17). The molecule has 20 heavy (non-hydrogen) atoms. The normalized spacial score (nSPS) is 10.1. The Balaban J connectivity index is 2.09. The molecule has 2 aromatic rings. The molecule has 1 heterocycles. The first kappa shape index (κ1) is 14.4. The van der Waals surface area contributed by atoms with Gasteiger partial charge in [-0.1, -0.05) is 12.1 Å². The van der Waals surface area contributed by atoms with Crippen LogP contribution in [0.2, 0.25) is 0 Å². The highest BCUT2D eigenvalue weighted by molar-refractivity contribution is 7.12. The lowest BCUT2D eigenvalue weighted by molar-refractivity contribution is 0.0955. The van der Waals surface area contributed by atoms with Gasteiger partial charge in [-0.3, -0.25) is 10.2 Å². The predicted octanol–water partition coefficient (Wildman–Crippen LogP) is 2.33. The zero-order valence-corrected chi connectivity index (χ0v) is 11.9. The Morgan fingerprint density at radius 2 is 1.95 bits per heavy atom. The van der Waals surface area contributed by atoms with Crippen molar-refractivity contribution in [1.82, 2.24) is 5.43 Å². The van der Waals surface area contributed by atoms with Crippen molar-refractivity contribution >= 4 is 17.2 Å². The van der Waals surface area contributed by atoms with Gasteiger partial charge in [-0.15, -0.1) is 11.3 Å². The van der Waals surface area contributed by atoms with Crippen LogP contribution < -0.4 is 20.7 Å². The SMILES string of the molecule is CCOc1ccccc1OCc1ccsc1C(=O)NN. The van der Waals surface area contributed by atoms with Gasteiger partial charge in [0.1, 0.15) is 6.61 Å². The van der Waals surface area contributed by atoms with Crippen molar-refractivity contribution in [2.75, 3.05) is 6.61 Å². The Kier molecular flexibility index (Phi) is 4.97. The molecule has 0 bridgehead atoms. The molecule has 0 radical (unpaired) electrons. The minimum absolute atomic E-state index is 0.288. The van der Waals surface area contributed by atoms with E-state index < -0.39 is 0 Å². The quantitative estimate of drug-likeness (QED) is 0.487. The molecule has 0 fully saturated rings. The van der Waals surface area contributed by atoms with Crippen LogP contribution >= 0.6 is 11.3 Å². The summed E-state index contributed by atoms with van der Waals surface area (Å²) in [7, 11) is 0. The van der Waals surface area contributed by atoms with Crippen molar-refractivity contribution in [1.29, 1.82) is 0 Å². The van der Waals surface area contributed by atoms with Gasteiger partial charge in [0, 0.05) is 5.56 Å². The van der Waals surface area contributed by atoms with Crippen LogP contribution in [0.5, 0.6) is 11.5 Å². The molecule has 1 aromatic carbocycles. The summed E-state index contributed by atoms with van der Waals surface area (Å²) in [5, 5.41) is 1.83. The summed E-state index contributed by atoms with van der Waals surface area (Å²) in [6, 6.07) is 9.28. The van der Waals surface area contributed by atoms with Crippen molar-refractivity contribution in [3.8, 4) is 11.5 Å². The van der Waals surface area contributed by atoms with E-state index >= 15 is 0 Å². The Labute approximate surface area is 121 Å². The molecule has 5 nitrogen and oxygen atoms in total. The Morgan fingerprint density at radius 1 is 1.25 bits per heavy atom. The molecule has 0 aliphatic heterocycles. The van der Waals surface area contributed by atoms with Crippen LogP contribution in [0.4, 0.5) is 0 Å². The van der Waals surface area contributed by atoms with Crippen molar-refractivity contribution in [2.24, 2.45) is 5.84 Å². The van der Waals surface area contributed by atoms with Gasteiger partial charge in [-0.25, -0.2) is 5.84 Å². The summed E-state index contributed by atoms with van der Waals surface area (Å²) in [5.41, 5.74) is 2.92. The number of benzene rings is 1. The number of hydrogen-bond donors (Lipinski definition) is 2. The molecule has 1 amide bonds. The maximum absolute atomic E-state index is 11.6. The van der Waals surface area contributed by atoms with Gasteiger partial charge >= 0.3 is 0 Å². The first-order valence-corrected chi connectivity index (χ1v) is 7.06. The second-order valence-electron chi connectivity index (χ2n) is 3.92. The highest BCUT2D eigenvalue weighted by Gasteiger charge is 2.13. The third-order valence-electron chi connectivity index (χ3n) is 2.62. The number of ether oxygens (including phenoxy) is 2. The van der Waals surface area contributed by atoms with Crippen LogP contribution in [0.3, 0.4) is 0 Å². The van der Waals surface area contributed by atoms with Crippen LogP contribution in [0.25, 0.3) is 0 Å². The molecule has 2 rings (SSSR count). The number of nitrogen functional groups attached to an aromatic ring is 1. The molecule has 0 saturated carbocycles. The van der Waals surface area contributed by atoms with Gasteiger partial charge in [-0.2, -0.15) is 0 Å². The van der Waals surface area contributed by atoms with E-state index in [4.69, 9.17) is 15.3 Å². The molecule has 0 unspecified atom stereocenters. The average Bonchev–Trinajstić information content (AvgIpc) is 2.94. The molecular weight excluding hydrogens is 276 g/mol. The van der Waals surface area contributed by atoms with Crippen LogP contribution in [0.15, 0.2) is 35.7 Å². The Bertz CT molecular complexity index is 583. The first-order valence-electron chi connectivity index (χ1n) is 6.18. The van der Waals surface area contributed by atoms with Crippen LogP contribution in [-0.2, 0) is 6.61 Å². The lowest BCUT2D eigenvalue weighted by atomic mass is 10.2. The van der Waals surface area contributed by atoms with E-state index in [0.717, 1.165) is 5.56 Å². The summed E-state index contributed by atoms with van der Waals surface area (Å²) < 4.78 is 11.2. The lowest BCUT2D eigenvalue weighted by Gasteiger charge is -2.11. The molecule has 6 heteroatoms. The van der Waals surface area contributed by atoms with E-state index in [0.29, 0.717) is 23.0 Å². The van der Waals surface area contributed by atoms with E-state index in [-0.39, 0.29) is 12.5 Å². The van der Waals surface area contributed by atoms with Crippen molar-refractivity contribution in [3.63, 3.8) is 0 Å². The topological polar surface area (TPSA) is 73.6 Å². The zero-order valence-electron chi connectivity index (χ0n) is 11.1. The van der Waals surface area contributed by atoms with Crippen LogP contribution in [0.1, 0.15) is 22.2 Å². The van der Waals surface area contributed by atoms with Crippen LogP contribution in [0, 0.1) is 0 Å². The number of nitrogens with two attached hydrogens (primary N) is 1. The highest BCUT2D eigenvalue weighted by atomic mass is 32.1. The molecule has 3 N–H and O–H groups in total. The number of amides is 1. The molecule has 0 spiro atoms. The molecule has 0 aliphatic carbocycles. The number of hydrogen-bond acceptors (Lipinski definition) is 5. The summed E-state index contributed by atoms with van der Waals surface area (Å²) in [4.78, 5) is 12.1. The Morgan fingerprint density at radius 3 is 2.60 bits per heavy atom. The number of hydrazine groups is 1. The second kappa shape index (κ2) is 6.93. The summed E-state index contributed by atoms with van der Waals surface area (Å²) in [6.45, 7) is 2.77. The van der Waals surface area contributed by atoms with Gasteiger partial charge in [0.15, 0.2) is 11.5 Å². The smallest absolute Gasteiger partial charge is 0.275 e. The van der Waals surface area contributed by atoms with Gasteiger partial charge < -0.3 is 9.47 Å². The van der Waals surface area contributed by atoms with Crippen molar-refractivity contribution in [3.05, 3.63) is 46.2 Å². The lowest BCUT2D eigenvalue weighted by Crippen LogP contribution is -2.30. The maximum Gasteiger partial charge on any atom is 0.275 e. The predicted molar refractivity (Wildman–Crippen MR) is 77.9 cm³/mol. The molecule has 0 aliphatic rings. The maximum atomic E-state index is 11.6. The van der Waals surface area contributed by atoms with E-state index in [2.05, 4.69) is 5.43 Å². The number of para-hydroxylation sites is 2. The van der Waals surface area contributed by atoms with Gasteiger partial charge in [-0.05, 0) is 30.5 Å². The fraction of sp³-hybridized carbons (Fsp3) is 0.214. The van der Waals surface area contributed by atoms with E-state index in [1.54, 1.807) is 0 Å². The molecule has 106 valence electrons. The largest absolute Gasteiger partial charge is 0.490 e. The van der Waals surface area contributed by atoms with E-state index in [1.165, 1.54) is 11.3 Å². The van der Waals surface area contributed by atoms with E-state index in [9.17, 15) is 4.79 Å². The zero-order chi connectivity index (χ0) is 14.4. The van der Waals surface area contributed by atoms with E-state index in [1.807, 2.05) is 42.6 Å². The minimum Gasteiger partial charge on any atom is -0.490 e. The molecule has 0 atom stereocenters. The van der Waals surface area contributed by atoms with Crippen molar-refractivity contribution < 1.29 is 14.3 Å². The third kappa shape index (κ3) is 3.28. The fourth-order valence-electron chi connectivity index (χ4n) is 1.71. The minimum atomic E-state index is -0.309. The van der Waals surface area contributed by atoms with Gasteiger partial charge in [0.2, 0.25) is 0 Å². The number of nitrogens with one attached hydrogen (secondary N) is 1. The fourth-order valence-corrected chi connectivity index (χ4v) is 2.53. The highest BCUT2D eigenvalue weighted by Crippen LogP contribution is 2.28. The molecule has 1 aromatic heterocycles. The van der Waals surface area contributed by atoms with Gasteiger partial charge in [0.05, 0.1) is 11.5 Å². The number of rotatable bonds is 6. The Hall–Kier alpha value is -2.05. The average molecular weight is 292 g/mol. The molecule has 0 saturated heterocycles. The summed E-state index contributed by atoms with van der Waals surface area (Å²) >= 11 is 1.33. The molecular formula is C14H16N2O3S. The summed E-state index contributed by atoms with van der Waals surface area (Å²) in [5.74, 6) is 6.18. The monoisotopic (exact) mass is 292 g/mol. The first-order chi connectivity index (χ1) is 9.76. The number of carbonyl (C=O) groups is 1. The third-order valence-corrected chi connectivity index (χ3v) is 3.57. The summed E-state index contributed by atoms with van der Waals surface area (Å²) in [6.07, 6.45) is 0. The van der Waals surface area contributed by atoms with Gasteiger partial charge in [0.25, 0.3) is 5.91 Å². The second-order valence-corrected chi connectivity index (χ2v) is 4.83. The number of carbonyl (C=O) groups excluding carboxylic acids is 1. The van der Waals surface area contributed by atoms with Crippen LogP contribution in [-0.4, -0.2) is 12.5 Å². The number of thiophene rings is 1. The van der Waals surface area contributed by atoms with Crippen molar-refractivity contribution in [2.45, 2.75) is 13.5 Å².